The second kappa shape index (κ2) is 4.98. The van der Waals surface area contributed by atoms with Crippen molar-refractivity contribution < 1.29 is 9.18 Å². The van der Waals surface area contributed by atoms with Crippen LogP contribution in [0.3, 0.4) is 0 Å². The summed E-state index contributed by atoms with van der Waals surface area (Å²) in [4.78, 5) is 13.8. The molecule has 0 aromatic heterocycles. The summed E-state index contributed by atoms with van der Waals surface area (Å²) in [5.41, 5.74) is -0.230. The molecule has 0 bridgehead atoms. The van der Waals surface area contributed by atoms with Crippen molar-refractivity contribution in [2.75, 3.05) is 13.1 Å². The predicted octanol–water partition coefficient (Wildman–Crippen LogP) is 1.41. The lowest BCUT2D eigenvalue weighted by Crippen LogP contribution is -2.60. The minimum absolute atomic E-state index is 0.0133. The molecule has 1 heterocycles. The van der Waals surface area contributed by atoms with E-state index in [0.717, 1.165) is 0 Å². The molecule has 0 aliphatic carbocycles. The zero-order chi connectivity index (χ0) is 14.0. The van der Waals surface area contributed by atoms with Gasteiger partial charge in [0.25, 0.3) is 0 Å². The maximum absolute atomic E-state index is 14.0. The number of rotatable bonds is 2. The fraction of sp³-hybridized carbons (Fsp3) is 0.429. The number of carbonyl (C=O) groups is 1. The van der Waals surface area contributed by atoms with Gasteiger partial charge in [-0.2, -0.15) is 5.26 Å². The van der Waals surface area contributed by atoms with E-state index in [0.29, 0.717) is 18.7 Å². The zero-order valence-electron chi connectivity index (χ0n) is 11.0. The van der Waals surface area contributed by atoms with Crippen molar-refractivity contribution in [3.05, 3.63) is 35.1 Å². The van der Waals surface area contributed by atoms with Crippen molar-refractivity contribution in [3.63, 3.8) is 0 Å². The molecule has 1 aliphatic heterocycles. The van der Waals surface area contributed by atoms with Crippen LogP contribution < -0.4 is 5.32 Å². The zero-order valence-corrected chi connectivity index (χ0v) is 11.0. The minimum Gasteiger partial charge on any atom is -0.335 e. The van der Waals surface area contributed by atoms with Gasteiger partial charge in [0.2, 0.25) is 5.91 Å². The molecular weight excluding hydrogens is 245 g/mol. The van der Waals surface area contributed by atoms with E-state index in [1.54, 1.807) is 17.0 Å². The Balaban J connectivity index is 2.23. The van der Waals surface area contributed by atoms with E-state index in [2.05, 4.69) is 5.32 Å². The lowest BCUT2D eigenvalue weighted by molar-refractivity contribution is -0.140. The lowest BCUT2D eigenvalue weighted by Gasteiger charge is -2.38. The van der Waals surface area contributed by atoms with Crippen molar-refractivity contribution >= 4 is 5.91 Å². The largest absolute Gasteiger partial charge is 0.335 e. The highest BCUT2D eigenvalue weighted by molar-refractivity contribution is 5.86. The van der Waals surface area contributed by atoms with Crippen molar-refractivity contribution in [2.45, 2.75) is 25.9 Å². The fourth-order valence-corrected chi connectivity index (χ4v) is 2.22. The Kier molecular flexibility index (Phi) is 3.54. The van der Waals surface area contributed by atoms with Crippen LogP contribution >= 0.6 is 0 Å². The van der Waals surface area contributed by atoms with Gasteiger partial charge in [0.1, 0.15) is 11.9 Å². The van der Waals surface area contributed by atoms with E-state index in [9.17, 15) is 9.18 Å². The molecule has 2 rings (SSSR count). The van der Waals surface area contributed by atoms with Gasteiger partial charge in [-0.3, -0.25) is 4.79 Å². The maximum Gasteiger partial charge on any atom is 0.242 e. The van der Waals surface area contributed by atoms with Crippen molar-refractivity contribution in [3.8, 4) is 6.07 Å². The van der Waals surface area contributed by atoms with Crippen LogP contribution in [0.25, 0.3) is 0 Å². The molecule has 100 valence electrons. The molecule has 19 heavy (non-hydrogen) atoms. The van der Waals surface area contributed by atoms with Gasteiger partial charge < -0.3 is 10.2 Å². The van der Waals surface area contributed by atoms with Gasteiger partial charge in [0.05, 0.1) is 11.1 Å². The molecule has 0 saturated carbocycles. The molecule has 1 aromatic rings. The number of amides is 1. The van der Waals surface area contributed by atoms with Gasteiger partial charge in [-0.25, -0.2) is 4.39 Å². The average molecular weight is 261 g/mol. The average Bonchev–Trinajstić information content (AvgIpc) is 2.37. The molecule has 1 aliphatic rings. The van der Waals surface area contributed by atoms with E-state index >= 15 is 0 Å². The first-order chi connectivity index (χ1) is 8.95. The Morgan fingerprint density at radius 1 is 1.53 bits per heavy atom. The van der Waals surface area contributed by atoms with Crippen LogP contribution in [-0.2, 0) is 11.3 Å². The van der Waals surface area contributed by atoms with Crippen molar-refractivity contribution in [2.24, 2.45) is 0 Å². The molecule has 4 nitrogen and oxygen atoms in total. The Labute approximate surface area is 111 Å². The summed E-state index contributed by atoms with van der Waals surface area (Å²) in [6.45, 7) is 5.04. The van der Waals surface area contributed by atoms with Crippen molar-refractivity contribution in [1.82, 2.24) is 10.2 Å². The van der Waals surface area contributed by atoms with Gasteiger partial charge in [0.15, 0.2) is 0 Å². The summed E-state index contributed by atoms with van der Waals surface area (Å²) in [6.07, 6.45) is 0. The minimum atomic E-state index is -0.623. The SMILES string of the molecule is CC1(C)NCCN(Cc2cccc(C#N)c2F)C1=O. The first-order valence-electron chi connectivity index (χ1n) is 6.17. The molecule has 1 fully saturated rings. The van der Waals surface area contributed by atoms with Gasteiger partial charge in [0, 0.05) is 25.2 Å². The monoisotopic (exact) mass is 261 g/mol. The van der Waals surface area contributed by atoms with Gasteiger partial charge in [-0.1, -0.05) is 12.1 Å². The Bertz CT molecular complexity index is 548. The van der Waals surface area contributed by atoms with E-state index in [1.165, 1.54) is 6.07 Å². The lowest BCUT2D eigenvalue weighted by atomic mass is 10.00. The maximum atomic E-state index is 14.0. The first-order valence-corrected chi connectivity index (χ1v) is 6.17. The molecule has 0 spiro atoms. The van der Waals surface area contributed by atoms with E-state index < -0.39 is 11.4 Å². The summed E-state index contributed by atoms with van der Waals surface area (Å²) < 4.78 is 14.0. The summed E-state index contributed by atoms with van der Waals surface area (Å²) in [5, 5.41) is 11.9. The molecule has 5 heteroatoms. The molecule has 1 saturated heterocycles. The number of piperazine rings is 1. The quantitative estimate of drug-likeness (QED) is 0.875. The summed E-state index contributed by atoms with van der Waals surface area (Å²) in [6, 6.07) is 6.49. The second-order valence-electron chi connectivity index (χ2n) is 5.17. The van der Waals surface area contributed by atoms with Gasteiger partial charge in [-0.15, -0.1) is 0 Å². The van der Waals surface area contributed by atoms with Crippen LogP contribution in [0.15, 0.2) is 18.2 Å². The Hall–Kier alpha value is -1.93. The van der Waals surface area contributed by atoms with E-state index in [-0.39, 0.29) is 18.0 Å². The smallest absolute Gasteiger partial charge is 0.242 e. The topological polar surface area (TPSA) is 56.1 Å². The van der Waals surface area contributed by atoms with Gasteiger partial charge in [-0.05, 0) is 19.9 Å². The molecule has 0 unspecified atom stereocenters. The number of nitriles is 1. The first kappa shape index (κ1) is 13.5. The van der Waals surface area contributed by atoms with Crippen LogP contribution in [0.5, 0.6) is 0 Å². The standard InChI is InChI=1S/C14H16FN3O/c1-14(2)13(19)18(7-6-17-14)9-11-5-3-4-10(8-16)12(11)15/h3-5,17H,6-7,9H2,1-2H3. The number of hydrogen-bond acceptors (Lipinski definition) is 3. The Morgan fingerprint density at radius 2 is 2.26 bits per heavy atom. The van der Waals surface area contributed by atoms with E-state index in [4.69, 9.17) is 5.26 Å². The van der Waals surface area contributed by atoms with Crippen LogP contribution in [0.1, 0.15) is 25.0 Å². The summed E-state index contributed by atoms with van der Waals surface area (Å²) >= 11 is 0. The molecule has 1 N–H and O–H groups in total. The van der Waals surface area contributed by atoms with E-state index in [1.807, 2.05) is 19.9 Å². The molecule has 0 atom stereocenters. The normalized spacial score (nSPS) is 18.2. The molecule has 0 radical (unpaired) electrons. The third-order valence-corrected chi connectivity index (χ3v) is 3.33. The van der Waals surface area contributed by atoms with Crippen LogP contribution in [0, 0.1) is 17.1 Å². The highest BCUT2D eigenvalue weighted by Crippen LogP contribution is 2.18. The third kappa shape index (κ3) is 2.59. The number of nitrogens with one attached hydrogen (secondary N) is 1. The van der Waals surface area contributed by atoms with Gasteiger partial charge >= 0.3 is 0 Å². The number of benzene rings is 1. The molecule has 1 aromatic carbocycles. The summed E-state index contributed by atoms with van der Waals surface area (Å²) in [5.74, 6) is -0.588. The highest BCUT2D eigenvalue weighted by atomic mass is 19.1. The second-order valence-corrected chi connectivity index (χ2v) is 5.17. The summed E-state index contributed by atoms with van der Waals surface area (Å²) in [7, 11) is 0. The van der Waals surface area contributed by atoms with Crippen molar-refractivity contribution in [1.29, 1.82) is 5.26 Å². The number of hydrogen-bond donors (Lipinski definition) is 1. The van der Waals surface area contributed by atoms with Crippen LogP contribution in [0.4, 0.5) is 4.39 Å². The molecular formula is C14H16FN3O. The highest BCUT2D eigenvalue weighted by Gasteiger charge is 2.35. The predicted molar refractivity (Wildman–Crippen MR) is 68.6 cm³/mol. The number of nitrogens with zero attached hydrogens (tertiary/aromatic N) is 2. The van der Waals surface area contributed by atoms with Crippen LogP contribution in [-0.4, -0.2) is 29.4 Å². The fourth-order valence-electron chi connectivity index (χ4n) is 2.22. The third-order valence-electron chi connectivity index (χ3n) is 3.33. The Morgan fingerprint density at radius 3 is 2.95 bits per heavy atom. The number of carbonyl (C=O) groups excluding carboxylic acids is 1. The number of halogens is 1. The molecule has 1 amide bonds. The van der Waals surface area contributed by atoms with Crippen LogP contribution in [0.2, 0.25) is 0 Å².